The standard InChI is InChI=1S/C19H21NO3/c1-2-8-20-9-7-19-12-4-6-15(22)18(19)23-17-14(21)5-3-11(16(17)19)10-13(12)20/h2-3,5,12-13,18,21H,1,4,6-10H2/t12?,13-,18+,19+/m0/s1. The van der Waals surface area contributed by atoms with E-state index in [-0.39, 0.29) is 16.9 Å². The average Bonchev–Trinajstić information content (AvgIpc) is 2.89. The number of piperidine rings is 1. The summed E-state index contributed by atoms with van der Waals surface area (Å²) in [5, 5.41) is 10.3. The fraction of sp³-hybridized carbons (Fsp3) is 0.526. The molecule has 1 unspecified atom stereocenters. The first-order valence-corrected chi connectivity index (χ1v) is 8.56. The highest BCUT2D eigenvalue weighted by Crippen LogP contribution is 2.63. The van der Waals surface area contributed by atoms with Crippen LogP contribution in [-0.2, 0) is 16.6 Å². The molecule has 2 heterocycles. The molecule has 1 aromatic rings. The lowest BCUT2D eigenvalue weighted by Gasteiger charge is -2.57. The number of Topliss-reactive ketones (excluding diaryl/α,β-unsaturated/α-hetero) is 1. The third-order valence-electron chi connectivity index (χ3n) is 6.59. The van der Waals surface area contributed by atoms with Crippen molar-refractivity contribution in [2.75, 3.05) is 13.1 Å². The smallest absolute Gasteiger partial charge is 0.174 e. The molecule has 0 amide bonds. The maximum absolute atomic E-state index is 12.6. The van der Waals surface area contributed by atoms with Crippen molar-refractivity contribution in [1.29, 1.82) is 0 Å². The summed E-state index contributed by atoms with van der Waals surface area (Å²) in [5.74, 6) is 1.42. The van der Waals surface area contributed by atoms with E-state index in [2.05, 4.69) is 11.5 Å². The zero-order valence-electron chi connectivity index (χ0n) is 13.1. The number of likely N-dealkylation sites (tertiary alicyclic amines) is 1. The summed E-state index contributed by atoms with van der Waals surface area (Å²) in [6.07, 6.45) is 5.03. The fourth-order valence-electron chi connectivity index (χ4n) is 5.80. The van der Waals surface area contributed by atoms with E-state index >= 15 is 0 Å². The van der Waals surface area contributed by atoms with E-state index in [1.54, 1.807) is 6.07 Å². The second kappa shape index (κ2) is 4.38. The largest absolute Gasteiger partial charge is 0.504 e. The van der Waals surface area contributed by atoms with Crippen LogP contribution in [0.25, 0.3) is 0 Å². The lowest BCUT2D eigenvalue weighted by Crippen LogP contribution is -2.66. The Hall–Kier alpha value is -1.81. The summed E-state index contributed by atoms with van der Waals surface area (Å²) in [4.78, 5) is 15.1. The van der Waals surface area contributed by atoms with Crippen LogP contribution >= 0.6 is 0 Å². The quantitative estimate of drug-likeness (QED) is 0.851. The van der Waals surface area contributed by atoms with E-state index in [0.29, 0.717) is 24.1 Å². The first-order chi connectivity index (χ1) is 11.2. The van der Waals surface area contributed by atoms with Crippen LogP contribution in [0.4, 0.5) is 0 Å². The molecule has 5 rings (SSSR count). The van der Waals surface area contributed by atoms with Crippen molar-refractivity contribution >= 4 is 5.78 Å². The molecule has 2 aliphatic carbocycles. The predicted octanol–water partition coefficient (Wildman–Crippen LogP) is 2.19. The first-order valence-electron chi connectivity index (χ1n) is 8.56. The number of nitrogens with zero attached hydrogens (tertiary/aromatic N) is 1. The van der Waals surface area contributed by atoms with E-state index in [1.165, 1.54) is 5.56 Å². The molecular weight excluding hydrogens is 290 g/mol. The lowest BCUT2D eigenvalue weighted by molar-refractivity contribution is -0.138. The van der Waals surface area contributed by atoms with Crippen LogP contribution in [0, 0.1) is 5.92 Å². The summed E-state index contributed by atoms with van der Waals surface area (Å²) in [7, 11) is 0. The van der Waals surface area contributed by atoms with Gasteiger partial charge in [-0.15, -0.1) is 6.58 Å². The van der Waals surface area contributed by atoms with E-state index in [9.17, 15) is 9.90 Å². The van der Waals surface area contributed by atoms with E-state index in [1.807, 2.05) is 12.1 Å². The van der Waals surface area contributed by atoms with Gasteiger partial charge in [-0.1, -0.05) is 12.1 Å². The molecule has 0 radical (unpaired) electrons. The minimum atomic E-state index is -0.392. The maximum atomic E-state index is 12.6. The molecule has 23 heavy (non-hydrogen) atoms. The minimum Gasteiger partial charge on any atom is -0.504 e. The molecule has 2 aliphatic heterocycles. The Labute approximate surface area is 135 Å². The number of hydrogen-bond donors (Lipinski definition) is 1. The van der Waals surface area contributed by atoms with Crippen LogP contribution in [-0.4, -0.2) is 41.0 Å². The topological polar surface area (TPSA) is 49.8 Å². The Morgan fingerprint density at radius 1 is 1.48 bits per heavy atom. The van der Waals surface area contributed by atoms with Crippen LogP contribution in [0.1, 0.15) is 30.4 Å². The van der Waals surface area contributed by atoms with Gasteiger partial charge in [-0.05, 0) is 43.4 Å². The van der Waals surface area contributed by atoms with Crippen molar-refractivity contribution in [3.8, 4) is 11.5 Å². The Balaban J connectivity index is 1.75. The summed E-state index contributed by atoms with van der Waals surface area (Å²) < 4.78 is 6.08. The first kappa shape index (κ1) is 13.6. The molecule has 120 valence electrons. The Bertz CT molecular complexity index is 728. The van der Waals surface area contributed by atoms with Gasteiger partial charge in [-0.25, -0.2) is 0 Å². The van der Waals surface area contributed by atoms with Crippen LogP contribution in [0.5, 0.6) is 11.5 Å². The number of phenols is 1. The Kier molecular flexibility index (Phi) is 2.59. The van der Waals surface area contributed by atoms with Crippen LogP contribution in [0.15, 0.2) is 24.8 Å². The second-order valence-electron chi connectivity index (χ2n) is 7.40. The molecule has 0 aromatic heterocycles. The van der Waals surface area contributed by atoms with Crippen molar-refractivity contribution in [3.63, 3.8) is 0 Å². The normalized spacial score (nSPS) is 37.2. The molecule has 4 nitrogen and oxygen atoms in total. The third-order valence-corrected chi connectivity index (χ3v) is 6.59. The van der Waals surface area contributed by atoms with Gasteiger partial charge in [-0.2, -0.15) is 0 Å². The van der Waals surface area contributed by atoms with Gasteiger partial charge in [0.25, 0.3) is 0 Å². The van der Waals surface area contributed by atoms with Crippen LogP contribution < -0.4 is 4.74 Å². The third kappa shape index (κ3) is 1.48. The zero-order valence-corrected chi connectivity index (χ0v) is 13.1. The van der Waals surface area contributed by atoms with Crippen molar-refractivity contribution in [3.05, 3.63) is 35.9 Å². The van der Waals surface area contributed by atoms with Gasteiger partial charge < -0.3 is 9.84 Å². The van der Waals surface area contributed by atoms with Crippen molar-refractivity contribution in [1.82, 2.24) is 4.90 Å². The molecular formula is C19H21NO3. The number of carbonyl (C=O) groups is 1. The lowest BCUT2D eigenvalue weighted by atomic mass is 9.51. The van der Waals surface area contributed by atoms with Gasteiger partial charge in [0.1, 0.15) is 0 Å². The van der Waals surface area contributed by atoms with Gasteiger partial charge in [0.15, 0.2) is 23.4 Å². The number of benzene rings is 1. The van der Waals surface area contributed by atoms with Gasteiger partial charge in [0, 0.05) is 30.0 Å². The highest BCUT2D eigenvalue weighted by Gasteiger charge is 2.65. The van der Waals surface area contributed by atoms with Crippen LogP contribution in [0.3, 0.4) is 0 Å². The molecule has 2 fully saturated rings. The zero-order chi connectivity index (χ0) is 15.8. The number of rotatable bonds is 2. The number of aromatic hydroxyl groups is 1. The Morgan fingerprint density at radius 2 is 2.35 bits per heavy atom. The molecule has 4 heteroatoms. The van der Waals surface area contributed by atoms with Crippen molar-refractivity contribution < 1.29 is 14.6 Å². The summed E-state index contributed by atoms with van der Waals surface area (Å²) in [6, 6.07) is 4.20. The number of carbonyl (C=O) groups excluding carboxylic acids is 1. The summed E-state index contributed by atoms with van der Waals surface area (Å²) >= 11 is 0. The highest BCUT2D eigenvalue weighted by molar-refractivity contribution is 5.89. The SMILES string of the molecule is C=CCN1CC[C@@]23c4c5ccc(O)c4O[C@@H]2C(=O)CCC3[C@@H]1C5. The molecule has 1 spiro atoms. The Morgan fingerprint density at radius 3 is 3.17 bits per heavy atom. The van der Waals surface area contributed by atoms with Gasteiger partial charge in [0.2, 0.25) is 0 Å². The second-order valence-corrected chi connectivity index (χ2v) is 7.40. The summed E-state index contributed by atoms with van der Waals surface area (Å²) in [6.45, 7) is 5.77. The number of ketones is 1. The van der Waals surface area contributed by atoms with Gasteiger partial charge in [0.05, 0.1) is 0 Å². The maximum Gasteiger partial charge on any atom is 0.174 e. The van der Waals surface area contributed by atoms with E-state index < -0.39 is 6.10 Å². The fourth-order valence-corrected chi connectivity index (χ4v) is 5.80. The van der Waals surface area contributed by atoms with Gasteiger partial charge >= 0.3 is 0 Å². The molecule has 4 aliphatic rings. The van der Waals surface area contributed by atoms with E-state index in [4.69, 9.17) is 4.74 Å². The number of ether oxygens (including phenoxy) is 1. The molecule has 1 N–H and O–H groups in total. The van der Waals surface area contributed by atoms with Gasteiger partial charge in [-0.3, -0.25) is 9.69 Å². The van der Waals surface area contributed by atoms with Crippen molar-refractivity contribution in [2.45, 2.75) is 43.2 Å². The monoisotopic (exact) mass is 311 g/mol. The highest BCUT2D eigenvalue weighted by atomic mass is 16.5. The minimum absolute atomic E-state index is 0.186. The molecule has 1 saturated carbocycles. The molecule has 1 aromatic carbocycles. The van der Waals surface area contributed by atoms with Crippen LogP contribution in [0.2, 0.25) is 0 Å². The molecule has 1 saturated heterocycles. The predicted molar refractivity (Wildman–Crippen MR) is 85.8 cm³/mol. The average molecular weight is 311 g/mol. The molecule has 2 bridgehead atoms. The summed E-state index contributed by atoms with van der Waals surface area (Å²) in [5.41, 5.74) is 2.19. The number of phenolic OH excluding ortho intramolecular Hbond substituents is 1. The number of hydrogen-bond acceptors (Lipinski definition) is 4. The van der Waals surface area contributed by atoms with E-state index in [0.717, 1.165) is 37.9 Å². The molecule has 4 atom stereocenters. The van der Waals surface area contributed by atoms with Crippen molar-refractivity contribution in [2.24, 2.45) is 5.92 Å².